The van der Waals surface area contributed by atoms with Crippen molar-refractivity contribution in [2.24, 2.45) is 22.7 Å². The van der Waals surface area contributed by atoms with Crippen LogP contribution in [0.3, 0.4) is 0 Å². The Hall–Kier alpha value is -2.53. The Kier molecular flexibility index (Phi) is 11.2. The number of carbonyl (C=O) groups excluding carboxylic acids is 2. The molecule has 0 spiro atoms. The molecule has 4 aliphatic carbocycles. The molecular formula is C38H59ClN6O4. The first kappa shape index (κ1) is 37.7. The number of anilines is 3. The molecule has 10 nitrogen and oxygen atoms in total. The summed E-state index contributed by atoms with van der Waals surface area (Å²) in [6, 6.07) is 2.17. The lowest BCUT2D eigenvalue weighted by molar-refractivity contribution is -0.154. The van der Waals surface area contributed by atoms with E-state index in [4.69, 9.17) is 9.97 Å². The molecule has 272 valence electrons. The van der Waals surface area contributed by atoms with Gasteiger partial charge in [0, 0.05) is 75.7 Å². The summed E-state index contributed by atoms with van der Waals surface area (Å²) in [5.41, 5.74) is 1.000. The van der Waals surface area contributed by atoms with Crippen LogP contribution in [0.15, 0.2) is 29.4 Å². The third kappa shape index (κ3) is 6.44. The van der Waals surface area contributed by atoms with Gasteiger partial charge in [-0.3, -0.25) is 14.5 Å². The SMILES string of the molecule is CCN(CC)c1nc(N2CCCCC2)cc(N2CCN(CC(=O)[C@@]3(O)CC[C@H]4[C@@H]5CCC6=CC(=O)CC[C@]6(C)C5=CC[C@@]43C)CC2)n1.Cl.O. The van der Waals surface area contributed by atoms with Crippen LogP contribution in [-0.2, 0) is 9.59 Å². The first-order valence-corrected chi connectivity index (χ1v) is 18.7. The molecule has 4 fully saturated rings. The van der Waals surface area contributed by atoms with E-state index in [1.54, 1.807) is 0 Å². The molecule has 0 unspecified atom stereocenters. The zero-order chi connectivity index (χ0) is 33.0. The summed E-state index contributed by atoms with van der Waals surface area (Å²) in [4.78, 5) is 45.6. The summed E-state index contributed by atoms with van der Waals surface area (Å²) in [6.45, 7) is 16.1. The second-order valence-corrected chi connectivity index (χ2v) is 15.7. The molecular weight excluding hydrogens is 640 g/mol. The van der Waals surface area contributed by atoms with Crippen LogP contribution >= 0.6 is 12.4 Å². The predicted octanol–water partition coefficient (Wildman–Crippen LogP) is 4.78. The number of carbonyl (C=O) groups is 2. The molecule has 49 heavy (non-hydrogen) atoms. The van der Waals surface area contributed by atoms with E-state index < -0.39 is 11.0 Å². The molecule has 0 bridgehead atoms. The number of piperidine rings is 1. The molecule has 5 atom stereocenters. The molecule has 11 heteroatoms. The minimum Gasteiger partial charge on any atom is -0.412 e. The molecule has 2 saturated carbocycles. The first-order valence-electron chi connectivity index (χ1n) is 18.7. The maximum absolute atomic E-state index is 14.1. The third-order valence-corrected chi connectivity index (χ3v) is 13.4. The molecule has 3 heterocycles. The highest BCUT2D eigenvalue weighted by molar-refractivity contribution is 5.92. The van der Waals surface area contributed by atoms with Gasteiger partial charge in [-0.1, -0.05) is 31.1 Å². The zero-order valence-corrected chi connectivity index (χ0v) is 31.0. The number of hydrogen-bond donors (Lipinski definition) is 1. The minimum absolute atomic E-state index is 0. The molecule has 1 aromatic rings. The quantitative estimate of drug-likeness (QED) is 0.382. The number of allylic oxidation sites excluding steroid dienone is 4. The van der Waals surface area contributed by atoms with E-state index in [2.05, 4.69) is 59.4 Å². The Balaban J connectivity index is 0.00000234. The molecule has 0 radical (unpaired) electrons. The van der Waals surface area contributed by atoms with Crippen LogP contribution in [0.4, 0.5) is 17.6 Å². The van der Waals surface area contributed by atoms with E-state index in [-0.39, 0.29) is 34.9 Å². The van der Waals surface area contributed by atoms with Crippen molar-refractivity contribution in [1.82, 2.24) is 14.9 Å². The minimum atomic E-state index is -1.30. The molecule has 1 aromatic heterocycles. The lowest BCUT2D eigenvalue weighted by Gasteiger charge is -2.54. The highest BCUT2D eigenvalue weighted by Crippen LogP contribution is 2.65. The van der Waals surface area contributed by atoms with Crippen molar-refractivity contribution in [1.29, 1.82) is 0 Å². The number of Topliss-reactive ketones (excluding diaryl/α,β-unsaturated/α-hetero) is 1. The van der Waals surface area contributed by atoms with Crippen molar-refractivity contribution in [3.63, 3.8) is 0 Å². The van der Waals surface area contributed by atoms with Crippen LogP contribution in [0, 0.1) is 22.7 Å². The molecule has 2 saturated heterocycles. The smallest absolute Gasteiger partial charge is 0.229 e. The summed E-state index contributed by atoms with van der Waals surface area (Å²) < 4.78 is 0. The van der Waals surface area contributed by atoms with Crippen molar-refractivity contribution in [2.45, 2.75) is 97.5 Å². The average molecular weight is 699 g/mol. The standard InChI is InChI=1S/C38H56N6O3.ClH.H2O/c1-5-42(6-2)35-39-33(43-18-8-7-9-19-43)25-34(40-35)44-22-20-41(21-23-44)26-32(46)38(47)17-14-31-29-11-10-27-24-28(45)12-15-36(27,3)30(29)13-16-37(31,38)4;;/h13,24-25,29,31,47H,5-12,14-23,26H2,1-4H3;1H;1H2/t29-,31+,36+,37+,38+;;/m1../s1. The Morgan fingerprint density at radius 3 is 2.24 bits per heavy atom. The highest BCUT2D eigenvalue weighted by atomic mass is 35.5. The molecule has 0 amide bonds. The van der Waals surface area contributed by atoms with E-state index >= 15 is 0 Å². The number of piperazine rings is 1. The molecule has 6 aliphatic rings. The fourth-order valence-corrected chi connectivity index (χ4v) is 10.3. The number of rotatable bonds is 8. The van der Waals surface area contributed by atoms with Crippen LogP contribution < -0.4 is 14.7 Å². The number of hydrogen-bond acceptors (Lipinski definition) is 9. The number of fused-ring (bicyclic) bond motifs is 5. The van der Waals surface area contributed by atoms with Crippen molar-refractivity contribution >= 4 is 41.6 Å². The van der Waals surface area contributed by atoms with Gasteiger partial charge in [-0.15, -0.1) is 12.4 Å². The number of aliphatic hydroxyl groups is 1. The monoisotopic (exact) mass is 698 g/mol. The summed E-state index contributed by atoms with van der Waals surface area (Å²) >= 11 is 0. The number of nitrogens with zero attached hydrogens (tertiary/aromatic N) is 6. The van der Waals surface area contributed by atoms with Gasteiger partial charge in [0.1, 0.15) is 17.2 Å². The van der Waals surface area contributed by atoms with Crippen molar-refractivity contribution in [2.75, 3.05) is 73.6 Å². The van der Waals surface area contributed by atoms with Gasteiger partial charge >= 0.3 is 0 Å². The zero-order valence-electron chi connectivity index (χ0n) is 30.2. The topological polar surface area (TPSA) is 125 Å². The summed E-state index contributed by atoms with van der Waals surface area (Å²) in [6.07, 6.45) is 13.7. The second kappa shape index (κ2) is 14.6. The fraction of sp³-hybridized carbons (Fsp3) is 0.737. The summed E-state index contributed by atoms with van der Waals surface area (Å²) in [5.74, 6) is 3.76. The van der Waals surface area contributed by atoms with Gasteiger partial charge in [-0.25, -0.2) is 0 Å². The van der Waals surface area contributed by atoms with E-state index in [0.29, 0.717) is 31.2 Å². The van der Waals surface area contributed by atoms with E-state index in [1.165, 1.54) is 30.4 Å². The third-order valence-electron chi connectivity index (χ3n) is 13.4. The van der Waals surface area contributed by atoms with Gasteiger partial charge in [0.05, 0.1) is 6.54 Å². The van der Waals surface area contributed by atoms with Gasteiger partial charge in [0.15, 0.2) is 11.6 Å². The maximum Gasteiger partial charge on any atom is 0.229 e. The van der Waals surface area contributed by atoms with Gasteiger partial charge in [-0.05, 0) is 89.5 Å². The lowest BCUT2D eigenvalue weighted by atomic mass is 9.50. The van der Waals surface area contributed by atoms with Crippen LogP contribution in [-0.4, -0.2) is 102 Å². The maximum atomic E-state index is 14.1. The molecule has 2 aliphatic heterocycles. The lowest BCUT2D eigenvalue weighted by Crippen LogP contribution is -2.58. The Morgan fingerprint density at radius 1 is 0.939 bits per heavy atom. The van der Waals surface area contributed by atoms with Crippen LogP contribution in [0.2, 0.25) is 0 Å². The van der Waals surface area contributed by atoms with E-state index in [9.17, 15) is 14.7 Å². The van der Waals surface area contributed by atoms with Crippen molar-refractivity contribution in [3.8, 4) is 0 Å². The van der Waals surface area contributed by atoms with Gasteiger partial charge in [0.25, 0.3) is 0 Å². The van der Waals surface area contributed by atoms with Crippen LogP contribution in [0.25, 0.3) is 0 Å². The summed E-state index contributed by atoms with van der Waals surface area (Å²) in [5, 5.41) is 12.3. The first-order chi connectivity index (χ1) is 22.6. The van der Waals surface area contributed by atoms with Crippen molar-refractivity contribution < 1.29 is 20.2 Å². The van der Waals surface area contributed by atoms with E-state index in [1.807, 2.05) is 6.08 Å². The fourth-order valence-electron chi connectivity index (χ4n) is 10.3. The Bertz CT molecular complexity index is 1450. The largest absolute Gasteiger partial charge is 0.412 e. The highest BCUT2D eigenvalue weighted by Gasteiger charge is 2.64. The average Bonchev–Trinajstić information content (AvgIpc) is 3.37. The van der Waals surface area contributed by atoms with Crippen molar-refractivity contribution in [3.05, 3.63) is 29.4 Å². The normalized spacial score (nSPS) is 32.9. The van der Waals surface area contributed by atoms with Gasteiger partial charge in [0.2, 0.25) is 5.95 Å². The van der Waals surface area contributed by atoms with Crippen LogP contribution in [0.1, 0.15) is 91.9 Å². The predicted molar refractivity (Wildman–Crippen MR) is 198 cm³/mol. The summed E-state index contributed by atoms with van der Waals surface area (Å²) in [7, 11) is 0. The molecule has 3 N–H and O–H groups in total. The van der Waals surface area contributed by atoms with Crippen LogP contribution in [0.5, 0.6) is 0 Å². The number of ketones is 2. The number of halogens is 1. The van der Waals surface area contributed by atoms with E-state index in [0.717, 1.165) is 102 Å². The Labute approximate surface area is 299 Å². The van der Waals surface area contributed by atoms with Gasteiger partial charge in [-0.2, -0.15) is 9.97 Å². The Morgan fingerprint density at radius 2 is 1.59 bits per heavy atom. The van der Waals surface area contributed by atoms with Gasteiger partial charge < -0.3 is 25.3 Å². The number of aromatic nitrogens is 2. The second-order valence-electron chi connectivity index (χ2n) is 15.7. The molecule has 7 rings (SSSR count). The molecule has 0 aromatic carbocycles.